The Labute approximate surface area is 99.4 Å². The van der Waals surface area contributed by atoms with E-state index in [9.17, 15) is 13.6 Å². The van der Waals surface area contributed by atoms with Gasteiger partial charge in [-0.1, -0.05) is 0 Å². The maximum absolute atomic E-state index is 12.9. The summed E-state index contributed by atoms with van der Waals surface area (Å²) in [4.78, 5) is 13.2. The van der Waals surface area contributed by atoms with Crippen molar-refractivity contribution < 1.29 is 13.6 Å². The van der Waals surface area contributed by atoms with Gasteiger partial charge < -0.3 is 10.2 Å². The van der Waals surface area contributed by atoms with Gasteiger partial charge in [0, 0.05) is 24.8 Å². The van der Waals surface area contributed by atoms with Crippen LogP contribution in [-0.4, -0.2) is 30.4 Å². The number of likely N-dealkylation sites (N-methyl/N-ethyl adjacent to an activating group) is 1. The molecule has 0 fully saturated rings. The zero-order valence-electron chi connectivity index (χ0n) is 10.1. The number of amides is 1. The van der Waals surface area contributed by atoms with Crippen molar-refractivity contribution in [2.24, 2.45) is 0 Å². The Hall–Kier alpha value is -1.65. The fourth-order valence-corrected chi connectivity index (χ4v) is 1.20. The van der Waals surface area contributed by atoms with Gasteiger partial charge in [-0.3, -0.25) is 4.79 Å². The standard InChI is InChI=1S/C12H16F2N2O/c1-8(2)16(3)12(17)7-15-9-4-5-10(13)11(14)6-9/h4-6,8,15H,7H2,1-3H3. The van der Waals surface area contributed by atoms with Crippen LogP contribution in [0.3, 0.4) is 0 Å². The van der Waals surface area contributed by atoms with Gasteiger partial charge in [-0.2, -0.15) is 0 Å². The maximum Gasteiger partial charge on any atom is 0.241 e. The van der Waals surface area contributed by atoms with Gasteiger partial charge in [0.25, 0.3) is 0 Å². The molecule has 0 aliphatic rings. The first-order chi connectivity index (χ1) is 7.91. The van der Waals surface area contributed by atoms with Gasteiger partial charge in [0.05, 0.1) is 6.54 Å². The SMILES string of the molecule is CC(C)N(C)C(=O)CNc1ccc(F)c(F)c1. The molecule has 1 amide bonds. The average Bonchev–Trinajstić information content (AvgIpc) is 2.29. The molecule has 17 heavy (non-hydrogen) atoms. The highest BCUT2D eigenvalue weighted by Gasteiger charge is 2.11. The minimum atomic E-state index is -0.931. The monoisotopic (exact) mass is 242 g/mol. The van der Waals surface area contributed by atoms with Crippen LogP contribution in [0.5, 0.6) is 0 Å². The van der Waals surface area contributed by atoms with Crippen molar-refractivity contribution in [1.29, 1.82) is 0 Å². The molecule has 0 radical (unpaired) electrons. The van der Waals surface area contributed by atoms with E-state index in [4.69, 9.17) is 0 Å². The number of nitrogens with one attached hydrogen (secondary N) is 1. The van der Waals surface area contributed by atoms with Crippen molar-refractivity contribution in [2.45, 2.75) is 19.9 Å². The van der Waals surface area contributed by atoms with Crippen LogP contribution in [0.4, 0.5) is 14.5 Å². The second kappa shape index (κ2) is 5.61. The Morgan fingerprint density at radius 1 is 1.35 bits per heavy atom. The number of benzene rings is 1. The molecule has 0 heterocycles. The van der Waals surface area contributed by atoms with Crippen LogP contribution in [0, 0.1) is 11.6 Å². The number of hydrogen-bond donors (Lipinski definition) is 1. The summed E-state index contributed by atoms with van der Waals surface area (Å²) in [6.45, 7) is 3.85. The number of rotatable bonds is 4. The second-order valence-electron chi connectivity index (χ2n) is 4.08. The van der Waals surface area contributed by atoms with Crippen LogP contribution in [0.2, 0.25) is 0 Å². The molecular formula is C12H16F2N2O. The Kier molecular flexibility index (Phi) is 4.43. The minimum Gasteiger partial charge on any atom is -0.376 e. The fraction of sp³-hybridized carbons (Fsp3) is 0.417. The van der Waals surface area contributed by atoms with Gasteiger partial charge in [0.2, 0.25) is 5.91 Å². The molecule has 3 nitrogen and oxygen atoms in total. The van der Waals surface area contributed by atoms with Crippen LogP contribution in [0.15, 0.2) is 18.2 Å². The van der Waals surface area contributed by atoms with Gasteiger partial charge in [-0.25, -0.2) is 8.78 Å². The Balaban J connectivity index is 2.56. The van der Waals surface area contributed by atoms with E-state index in [1.165, 1.54) is 6.07 Å². The van der Waals surface area contributed by atoms with Crippen molar-refractivity contribution in [3.8, 4) is 0 Å². The smallest absolute Gasteiger partial charge is 0.241 e. The Morgan fingerprint density at radius 3 is 2.53 bits per heavy atom. The minimum absolute atomic E-state index is 0.0553. The first kappa shape index (κ1) is 13.4. The number of hydrogen-bond acceptors (Lipinski definition) is 2. The van der Waals surface area contributed by atoms with E-state index in [0.29, 0.717) is 5.69 Å². The van der Waals surface area contributed by atoms with Gasteiger partial charge >= 0.3 is 0 Å². The molecule has 1 aromatic rings. The average molecular weight is 242 g/mol. The van der Waals surface area contributed by atoms with Crippen LogP contribution in [0.1, 0.15) is 13.8 Å². The summed E-state index contributed by atoms with van der Waals surface area (Å²) in [6.07, 6.45) is 0. The van der Waals surface area contributed by atoms with E-state index < -0.39 is 11.6 Å². The third-order valence-electron chi connectivity index (χ3n) is 2.53. The van der Waals surface area contributed by atoms with Crippen LogP contribution >= 0.6 is 0 Å². The van der Waals surface area contributed by atoms with Gasteiger partial charge in [0.15, 0.2) is 11.6 Å². The molecule has 0 saturated heterocycles. The quantitative estimate of drug-likeness (QED) is 0.878. The van der Waals surface area contributed by atoms with E-state index >= 15 is 0 Å². The lowest BCUT2D eigenvalue weighted by Crippen LogP contribution is -2.37. The molecule has 0 unspecified atom stereocenters. The molecule has 1 aromatic carbocycles. The van der Waals surface area contributed by atoms with Crippen molar-refractivity contribution in [3.05, 3.63) is 29.8 Å². The normalized spacial score (nSPS) is 10.5. The molecule has 0 spiro atoms. The molecule has 94 valence electrons. The van der Waals surface area contributed by atoms with Crippen LogP contribution < -0.4 is 5.32 Å². The first-order valence-corrected chi connectivity index (χ1v) is 5.36. The molecular weight excluding hydrogens is 226 g/mol. The summed E-state index contributed by atoms with van der Waals surface area (Å²) in [7, 11) is 1.69. The van der Waals surface area contributed by atoms with Gasteiger partial charge in [0.1, 0.15) is 0 Å². The second-order valence-corrected chi connectivity index (χ2v) is 4.08. The number of carbonyl (C=O) groups excluding carboxylic acids is 1. The lowest BCUT2D eigenvalue weighted by Gasteiger charge is -2.21. The zero-order valence-corrected chi connectivity index (χ0v) is 10.1. The molecule has 0 bridgehead atoms. The highest BCUT2D eigenvalue weighted by molar-refractivity contribution is 5.80. The van der Waals surface area contributed by atoms with Crippen LogP contribution in [-0.2, 0) is 4.79 Å². The summed E-state index contributed by atoms with van der Waals surface area (Å²) < 4.78 is 25.5. The third-order valence-corrected chi connectivity index (χ3v) is 2.53. The van der Waals surface area contributed by atoms with Crippen LogP contribution in [0.25, 0.3) is 0 Å². The summed E-state index contributed by atoms with van der Waals surface area (Å²) in [6, 6.07) is 3.54. The Bertz CT molecular complexity index is 407. The lowest BCUT2D eigenvalue weighted by molar-refractivity contribution is -0.129. The van der Waals surface area contributed by atoms with Gasteiger partial charge in [-0.05, 0) is 26.0 Å². The fourth-order valence-electron chi connectivity index (χ4n) is 1.20. The van der Waals surface area contributed by atoms with Crippen molar-refractivity contribution in [2.75, 3.05) is 18.9 Å². The first-order valence-electron chi connectivity index (χ1n) is 5.36. The predicted octanol–water partition coefficient (Wildman–Crippen LogP) is 2.24. The molecule has 0 aliphatic heterocycles. The number of carbonyl (C=O) groups is 1. The van der Waals surface area contributed by atoms with E-state index in [-0.39, 0.29) is 18.5 Å². The molecule has 0 atom stereocenters. The number of nitrogens with zero attached hydrogens (tertiary/aromatic N) is 1. The summed E-state index contributed by atoms with van der Waals surface area (Å²) in [5, 5.41) is 2.75. The summed E-state index contributed by atoms with van der Waals surface area (Å²) in [5.41, 5.74) is 0.384. The molecule has 5 heteroatoms. The molecule has 0 aliphatic carbocycles. The topological polar surface area (TPSA) is 32.3 Å². The largest absolute Gasteiger partial charge is 0.376 e. The molecule has 1 rings (SSSR count). The maximum atomic E-state index is 12.9. The van der Waals surface area contributed by atoms with Gasteiger partial charge in [-0.15, -0.1) is 0 Å². The van der Waals surface area contributed by atoms with E-state index in [1.54, 1.807) is 11.9 Å². The molecule has 0 saturated carbocycles. The highest BCUT2D eigenvalue weighted by atomic mass is 19.2. The summed E-state index contributed by atoms with van der Waals surface area (Å²) in [5.74, 6) is -1.94. The Morgan fingerprint density at radius 2 is 2.00 bits per heavy atom. The van der Waals surface area contributed by atoms with E-state index in [1.807, 2.05) is 13.8 Å². The zero-order chi connectivity index (χ0) is 13.0. The van der Waals surface area contributed by atoms with Crippen molar-refractivity contribution in [1.82, 2.24) is 4.90 Å². The van der Waals surface area contributed by atoms with E-state index in [0.717, 1.165) is 12.1 Å². The lowest BCUT2D eigenvalue weighted by atomic mass is 10.3. The number of halogens is 2. The predicted molar refractivity (Wildman–Crippen MR) is 62.8 cm³/mol. The summed E-state index contributed by atoms with van der Waals surface area (Å²) >= 11 is 0. The van der Waals surface area contributed by atoms with Crippen molar-refractivity contribution in [3.63, 3.8) is 0 Å². The third kappa shape index (κ3) is 3.69. The van der Waals surface area contributed by atoms with E-state index in [2.05, 4.69) is 5.32 Å². The number of anilines is 1. The van der Waals surface area contributed by atoms with Crippen molar-refractivity contribution >= 4 is 11.6 Å². The highest BCUT2D eigenvalue weighted by Crippen LogP contribution is 2.12. The molecule has 0 aromatic heterocycles. The molecule has 1 N–H and O–H groups in total.